The Morgan fingerprint density at radius 3 is 2.42 bits per heavy atom. The van der Waals surface area contributed by atoms with E-state index in [0.29, 0.717) is 11.5 Å². The van der Waals surface area contributed by atoms with Crippen molar-refractivity contribution in [3.63, 3.8) is 0 Å². The zero-order valence-electron chi connectivity index (χ0n) is 16.2. The minimum Gasteiger partial charge on any atom is -0.460 e. The Kier molecular flexibility index (Phi) is 6.30. The summed E-state index contributed by atoms with van der Waals surface area (Å²) in [5.74, 6) is -0.215. The van der Waals surface area contributed by atoms with Gasteiger partial charge in [0.1, 0.15) is 12.0 Å². The Morgan fingerprint density at radius 1 is 1.08 bits per heavy atom. The van der Waals surface area contributed by atoms with E-state index in [4.69, 9.17) is 4.74 Å². The highest BCUT2D eigenvalue weighted by Crippen LogP contribution is 2.22. The fourth-order valence-corrected chi connectivity index (χ4v) is 2.67. The predicted octanol–water partition coefficient (Wildman–Crippen LogP) is 4.86. The van der Waals surface area contributed by atoms with Crippen LogP contribution in [0.2, 0.25) is 0 Å². The van der Waals surface area contributed by atoms with Gasteiger partial charge < -0.3 is 4.74 Å². The molecule has 0 amide bonds. The number of ether oxygens (including phenoxy) is 1. The van der Waals surface area contributed by atoms with Crippen LogP contribution >= 0.6 is 0 Å². The molecule has 4 heteroatoms. The molecule has 1 aromatic heterocycles. The zero-order chi connectivity index (χ0) is 19.3. The smallest absolute Gasteiger partial charge is 0.314 e. The second-order valence-electron chi connectivity index (χ2n) is 7.90. The number of rotatable bonds is 6. The number of benzene rings is 1. The first-order valence-corrected chi connectivity index (χ1v) is 8.94. The summed E-state index contributed by atoms with van der Waals surface area (Å²) in [4.78, 5) is 28.7. The van der Waals surface area contributed by atoms with Crippen LogP contribution in [0, 0.1) is 5.92 Å². The van der Waals surface area contributed by atoms with Crippen LogP contribution in [-0.4, -0.2) is 22.3 Å². The van der Waals surface area contributed by atoms with Gasteiger partial charge in [-0.2, -0.15) is 0 Å². The first-order chi connectivity index (χ1) is 12.1. The maximum Gasteiger partial charge on any atom is 0.314 e. The molecule has 0 aliphatic carbocycles. The molecule has 0 saturated carbocycles. The molecule has 0 saturated heterocycles. The molecule has 26 heavy (non-hydrogen) atoms. The van der Waals surface area contributed by atoms with Crippen LogP contribution in [0.5, 0.6) is 0 Å². The average molecular weight is 353 g/mol. The summed E-state index contributed by atoms with van der Waals surface area (Å²) in [5, 5.41) is 0. The van der Waals surface area contributed by atoms with Gasteiger partial charge in [-0.05, 0) is 62.4 Å². The van der Waals surface area contributed by atoms with Crippen molar-refractivity contribution in [2.75, 3.05) is 0 Å². The van der Waals surface area contributed by atoms with E-state index in [1.807, 2.05) is 24.3 Å². The Hall–Kier alpha value is -2.49. The molecule has 2 rings (SSSR count). The third-order valence-electron chi connectivity index (χ3n) is 3.68. The van der Waals surface area contributed by atoms with Crippen molar-refractivity contribution in [2.45, 2.75) is 53.1 Å². The highest BCUT2D eigenvalue weighted by Gasteiger charge is 2.20. The van der Waals surface area contributed by atoms with Crippen LogP contribution in [0.3, 0.4) is 0 Å². The first-order valence-electron chi connectivity index (χ1n) is 8.94. The van der Waals surface area contributed by atoms with Gasteiger partial charge >= 0.3 is 5.97 Å². The summed E-state index contributed by atoms with van der Waals surface area (Å²) in [6.07, 6.45) is 2.45. The molecule has 0 atom stereocenters. The second kappa shape index (κ2) is 8.26. The highest BCUT2D eigenvalue weighted by molar-refractivity contribution is 6.06. The van der Waals surface area contributed by atoms with Crippen molar-refractivity contribution < 1.29 is 14.3 Å². The Bertz CT molecular complexity index is 788. The van der Waals surface area contributed by atoms with Gasteiger partial charge in [0.2, 0.25) is 0 Å². The lowest BCUT2D eigenvalue weighted by molar-refractivity contribution is -0.153. The zero-order valence-corrected chi connectivity index (χ0v) is 16.2. The van der Waals surface area contributed by atoms with Gasteiger partial charge in [0.15, 0.2) is 5.78 Å². The number of Topliss-reactive ketones (excluding diaryl/α,β-unsaturated/α-hetero) is 1. The van der Waals surface area contributed by atoms with Gasteiger partial charge in [0.25, 0.3) is 0 Å². The lowest BCUT2D eigenvalue weighted by Crippen LogP contribution is -2.25. The minimum atomic E-state index is -0.594. The van der Waals surface area contributed by atoms with E-state index >= 15 is 0 Å². The molecule has 0 radical (unpaired) electrons. The summed E-state index contributed by atoms with van der Waals surface area (Å²) in [6.45, 7) is 9.67. The summed E-state index contributed by atoms with van der Waals surface area (Å²) in [5.41, 5.74) is 2.90. The van der Waals surface area contributed by atoms with Crippen LogP contribution in [0.25, 0.3) is 11.1 Å². The molecule has 0 unspecified atom stereocenters. The van der Waals surface area contributed by atoms with Crippen LogP contribution in [0.1, 0.15) is 57.1 Å². The molecule has 0 bridgehead atoms. The summed E-state index contributed by atoms with van der Waals surface area (Å²) < 4.78 is 5.23. The SMILES string of the molecule is CC(C)Cc1cc(-c2cccc(C(=O)CC(=O)OC(C)(C)C)c2)ccn1. The fourth-order valence-electron chi connectivity index (χ4n) is 2.67. The van der Waals surface area contributed by atoms with Crippen LogP contribution in [-0.2, 0) is 16.0 Å². The fraction of sp³-hybridized carbons (Fsp3) is 0.409. The van der Waals surface area contributed by atoms with E-state index in [-0.39, 0.29) is 12.2 Å². The highest BCUT2D eigenvalue weighted by atomic mass is 16.6. The van der Waals surface area contributed by atoms with E-state index in [1.165, 1.54) is 0 Å². The molecule has 1 heterocycles. The van der Waals surface area contributed by atoms with Gasteiger partial charge in [0.05, 0.1) is 0 Å². The third kappa shape index (κ3) is 6.10. The largest absolute Gasteiger partial charge is 0.460 e. The van der Waals surface area contributed by atoms with Gasteiger partial charge in [-0.25, -0.2) is 0 Å². The first kappa shape index (κ1) is 19.8. The summed E-state index contributed by atoms with van der Waals surface area (Å²) >= 11 is 0. The number of esters is 1. The molecule has 1 aromatic carbocycles. The molecule has 0 aliphatic heterocycles. The number of hydrogen-bond donors (Lipinski definition) is 0. The number of ketones is 1. The molecule has 0 spiro atoms. The van der Waals surface area contributed by atoms with Crippen molar-refractivity contribution in [3.8, 4) is 11.1 Å². The Labute approximate surface area is 155 Å². The molecule has 2 aromatic rings. The summed E-state index contributed by atoms with van der Waals surface area (Å²) in [6, 6.07) is 11.3. The predicted molar refractivity (Wildman–Crippen MR) is 103 cm³/mol. The molecule has 0 aliphatic rings. The van der Waals surface area contributed by atoms with E-state index in [2.05, 4.69) is 24.9 Å². The maximum absolute atomic E-state index is 12.4. The van der Waals surface area contributed by atoms with Crippen molar-refractivity contribution in [3.05, 3.63) is 53.9 Å². The molecule has 0 N–H and O–H groups in total. The number of nitrogens with zero attached hydrogens (tertiary/aromatic N) is 1. The third-order valence-corrected chi connectivity index (χ3v) is 3.68. The normalized spacial score (nSPS) is 11.5. The van der Waals surface area contributed by atoms with E-state index < -0.39 is 11.6 Å². The molecule has 0 fully saturated rings. The van der Waals surface area contributed by atoms with Crippen molar-refractivity contribution >= 4 is 11.8 Å². The van der Waals surface area contributed by atoms with E-state index in [1.54, 1.807) is 33.0 Å². The van der Waals surface area contributed by atoms with E-state index in [0.717, 1.165) is 23.2 Å². The minimum absolute atomic E-state index is 0.238. The van der Waals surface area contributed by atoms with Gasteiger partial charge in [-0.1, -0.05) is 32.0 Å². The number of aromatic nitrogens is 1. The number of pyridine rings is 1. The average Bonchev–Trinajstić information content (AvgIpc) is 2.52. The van der Waals surface area contributed by atoms with Gasteiger partial charge in [0, 0.05) is 17.5 Å². The maximum atomic E-state index is 12.4. The van der Waals surface area contributed by atoms with Crippen LogP contribution in [0.4, 0.5) is 0 Å². The monoisotopic (exact) mass is 353 g/mol. The van der Waals surface area contributed by atoms with Crippen molar-refractivity contribution in [2.24, 2.45) is 5.92 Å². The van der Waals surface area contributed by atoms with Crippen molar-refractivity contribution in [1.82, 2.24) is 4.98 Å². The quantitative estimate of drug-likeness (QED) is 0.423. The van der Waals surface area contributed by atoms with Crippen molar-refractivity contribution in [1.29, 1.82) is 0 Å². The summed E-state index contributed by atoms with van der Waals surface area (Å²) in [7, 11) is 0. The Balaban J connectivity index is 2.17. The number of carbonyl (C=O) groups is 2. The lowest BCUT2D eigenvalue weighted by atomic mass is 9.99. The molecular formula is C22H27NO3. The van der Waals surface area contributed by atoms with Crippen LogP contribution in [0.15, 0.2) is 42.6 Å². The molecule has 4 nitrogen and oxygen atoms in total. The lowest BCUT2D eigenvalue weighted by Gasteiger charge is -2.19. The van der Waals surface area contributed by atoms with Gasteiger partial charge in [-0.3, -0.25) is 14.6 Å². The standard InChI is InChI=1S/C22H27NO3/c1-15(2)11-19-13-17(9-10-23-19)16-7-6-8-18(12-16)20(24)14-21(25)26-22(3,4)5/h6-10,12-13,15H,11,14H2,1-5H3. The molecule has 138 valence electrons. The topological polar surface area (TPSA) is 56.3 Å². The number of carbonyl (C=O) groups excluding carboxylic acids is 2. The van der Waals surface area contributed by atoms with Crippen LogP contribution < -0.4 is 0 Å². The number of hydrogen-bond acceptors (Lipinski definition) is 4. The van der Waals surface area contributed by atoms with E-state index in [9.17, 15) is 9.59 Å². The Morgan fingerprint density at radius 2 is 1.77 bits per heavy atom. The van der Waals surface area contributed by atoms with Gasteiger partial charge in [-0.15, -0.1) is 0 Å². The molecular weight excluding hydrogens is 326 g/mol. The second-order valence-corrected chi connectivity index (χ2v) is 7.90.